The molecule has 0 radical (unpaired) electrons. The average molecular weight is 390 g/mol. The third-order valence-electron chi connectivity index (χ3n) is 5.83. The van der Waals surface area contributed by atoms with Crippen LogP contribution in [0.5, 0.6) is 0 Å². The molecular formula is C17H26O10. The predicted molar refractivity (Wildman–Crippen MR) is 86.7 cm³/mol. The Bertz CT molecular complexity index is 592. The summed E-state index contributed by atoms with van der Waals surface area (Å²) >= 11 is 0. The largest absolute Gasteiger partial charge is 0.469 e. The zero-order chi connectivity index (χ0) is 19.9. The third kappa shape index (κ3) is 3.25. The molecule has 0 unspecified atom stereocenters. The van der Waals surface area contributed by atoms with Gasteiger partial charge in [0.15, 0.2) is 6.29 Å². The minimum Gasteiger partial charge on any atom is -0.469 e. The van der Waals surface area contributed by atoms with Crippen molar-refractivity contribution in [3.05, 3.63) is 11.8 Å². The second-order valence-electron chi connectivity index (χ2n) is 7.28. The number of hydrogen-bond acceptors (Lipinski definition) is 10. The number of fused-ring (bicyclic) bond motifs is 1. The Kier molecular flexibility index (Phi) is 5.78. The molecule has 1 saturated heterocycles. The SMILES string of the molecule is COC(=O)C1=CO[C@@H](O[C@@H]2O[C@H](CO)[C@@H](O)[C@H](O)[C@H]2O)[C@@]2(O)[C@@H]1CC[C@@H]2C. The molecule has 0 aromatic carbocycles. The van der Waals surface area contributed by atoms with Crippen LogP contribution in [-0.2, 0) is 23.7 Å². The highest BCUT2D eigenvalue weighted by Gasteiger charge is 2.60. The zero-order valence-electron chi connectivity index (χ0n) is 15.1. The normalized spacial score (nSPS) is 47.0. The molecule has 1 saturated carbocycles. The molecule has 5 N–H and O–H groups in total. The van der Waals surface area contributed by atoms with Crippen LogP contribution in [0.1, 0.15) is 19.8 Å². The first-order valence-electron chi connectivity index (χ1n) is 8.87. The summed E-state index contributed by atoms with van der Waals surface area (Å²) in [5.41, 5.74) is -1.39. The monoisotopic (exact) mass is 390 g/mol. The van der Waals surface area contributed by atoms with E-state index >= 15 is 0 Å². The summed E-state index contributed by atoms with van der Waals surface area (Å²) in [7, 11) is 1.23. The van der Waals surface area contributed by atoms with E-state index in [1.165, 1.54) is 7.11 Å². The summed E-state index contributed by atoms with van der Waals surface area (Å²) in [6.07, 6.45) is -6.39. The van der Waals surface area contributed by atoms with Crippen molar-refractivity contribution < 1.29 is 49.3 Å². The first-order chi connectivity index (χ1) is 12.7. The molecule has 27 heavy (non-hydrogen) atoms. The van der Waals surface area contributed by atoms with E-state index in [1.807, 2.05) is 0 Å². The van der Waals surface area contributed by atoms with Crippen LogP contribution >= 0.6 is 0 Å². The first kappa shape index (κ1) is 20.5. The molecule has 2 fully saturated rings. The highest BCUT2D eigenvalue weighted by molar-refractivity contribution is 5.89. The van der Waals surface area contributed by atoms with Crippen molar-refractivity contribution in [2.45, 2.75) is 62.4 Å². The van der Waals surface area contributed by atoms with Crippen molar-refractivity contribution >= 4 is 5.97 Å². The van der Waals surface area contributed by atoms with Crippen LogP contribution in [0.25, 0.3) is 0 Å². The molecule has 0 bridgehead atoms. The average Bonchev–Trinajstić information content (AvgIpc) is 2.97. The van der Waals surface area contributed by atoms with Crippen molar-refractivity contribution in [3.63, 3.8) is 0 Å². The molecule has 0 aromatic rings. The van der Waals surface area contributed by atoms with Gasteiger partial charge in [-0.05, 0) is 18.8 Å². The van der Waals surface area contributed by atoms with Crippen LogP contribution < -0.4 is 0 Å². The Hall–Kier alpha value is -1.27. The summed E-state index contributed by atoms with van der Waals surface area (Å²) < 4.78 is 21.1. The highest BCUT2D eigenvalue weighted by Crippen LogP contribution is 2.50. The molecule has 10 heteroatoms. The highest BCUT2D eigenvalue weighted by atomic mass is 16.8. The van der Waals surface area contributed by atoms with Crippen LogP contribution in [-0.4, -0.2) is 87.8 Å². The molecular weight excluding hydrogens is 364 g/mol. The fourth-order valence-corrected chi connectivity index (χ4v) is 4.10. The van der Waals surface area contributed by atoms with Crippen LogP contribution in [0.15, 0.2) is 11.8 Å². The predicted octanol–water partition coefficient (Wildman–Crippen LogP) is -2.01. The lowest BCUT2D eigenvalue weighted by atomic mass is 9.79. The molecule has 154 valence electrons. The van der Waals surface area contributed by atoms with Gasteiger partial charge in [0.2, 0.25) is 6.29 Å². The number of hydrogen-bond donors (Lipinski definition) is 5. The van der Waals surface area contributed by atoms with Gasteiger partial charge < -0.3 is 44.5 Å². The lowest BCUT2D eigenvalue weighted by Crippen LogP contribution is -2.62. The molecule has 2 aliphatic heterocycles. The van der Waals surface area contributed by atoms with Crippen molar-refractivity contribution in [2.75, 3.05) is 13.7 Å². The molecule has 0 spiro atoms. The number of aliphatic hydroxyl groups excluding tert-OH is 4. The van der Waals surface area contributed by atoms with E-state index in [-0.39, 0.29) is 11.5 Å². The van der Waals surface area contributed by atoms with E-state index in [4.69, 9.17) is 18.9 Å². The number of carbonyl (C=O) groups is 1. The molecule has 0 aromatic heterocycles. The lowest BCUT2D eigenvalue weighted by molar-refractivity contribution is -0.361. The molecule has 0 amide bonds. The molecule has 1 aliphatic carbocycles. The van der Waals surface area contributed by atoms with E-state index < -0.39 is 61.1 Å². The van der Waals surface area contributed by atoms with Gasteiger partial charge in [-0.15, -0.1) is 0 Å². The van der Waals surface area contributed by atoms with Gasteiger partial charge in [-0.25, -0.2) is 4.79 Å². The molecule has 3 rings (SSSR count). The fraction of sp³-hybridized carbons (Fsp3) is 0.824. The van der Waals surface area contributed by atoms with Crippen molar-refractivity contribution in [3.8, 4) is 0 Å². The topological polar surface area (TPSA) is 155 Å². The Morgan fingerprint density at radius 2 is 1.96 bits per heavy atom. The number of esters is 1. The number of rotatable bonds is 4. The van der Waals surface area contributed by atoms with E-state index in [0.717, 1.165) is 6.26 Å². The Balaban J connectivity index is 1.84. The smallest absolute Gasteiger partial charge is 0.337 e. The quantitative estimate of drug-likeness (QED) is 0.340. The zero-order valence-corrected chi connectivity index (χ0v) is 15.1. The standard InChI is InChI=1S/C17H26O10/c1-7-3-4-9-8(14(22)24-2)6-25-16(17(7,9)23)27-15-13(21)12(20)11(19)10(5-18)26-15/h6-7,9-13,15-16,18-21,23H,3-5H2,1-2H3/t7-,9+,10+,11+,12-,13+,15-,16-,17-/m0/s1. The molecule has 10 nitrogen and oxygen atoms in total. The van der Waals surface area contributed by atoms with Crippen molar-refractivity contribution in [1.82, 2.24) is 0 Å². The minimum atomic E-state index is -1.63. The van der Waals surface area contributed by atoms with Crippen LogP contribution in [0, 0.1) is 11.8 Å². The van der Waals surface area contributed by atoms with Gasteiger partial charge in [-0.1, -0.05) is 6.92 Å². The van der Waals surface area contributed by atoms with E-state index in [1.54, 1.807) is 6.92 Å². The van der Waals surface area contributed by atoms with Crippen molar-refractivity contribution in [2.24, 2.45) is 11.8 Å². The maximum absolute atomic E-state index is 12.0. The van der Waals surface area contributed by atoms with Crippen LogP contribution in [0.4, 0.5) is 0 Å². The van der Waals surface area contributed by atoms with Gasteiger partial charge in [0.25, 0.3) is 0 Å². The Morgan fingerprint density at radius 3 is 2.59 bits per heavy atom. The second-order valence-corrected chi connectivity index (χ2v) is 7.28. The minimum absolute atomic E-state index is 0.193. The van der Waals surface area contributed by atoms with Gasteiger partial charge in [0.05, 0.1) is 25.6 Å². The molecule has 3 aliphatic rings. The third-order valence-corrected chi connectivity index (χ3v) is 5.83. The maximum Gasteiger partial charge on any atom is 0.337 e. The summed E-state index contributed by atoms with van der Waals surface area (Å²) in [6.45, 7) is 1.18. The number of aliphatic hydroxyl groups is 5. The number of carbonyl (C=O) groups excluding carboxylic acids is 1. The van der Waals surface area contributed by atoms with Gasteiger partial charge in [0.1, 0.15) is 30.0 Å². The fourth-order valence-electron chi connectivity index (χ4n) is 4.10. The molecule has 9 atom stereocenters. The van der Waals surface area contributed by atoms with Crippen molar-refractivity contribution in [1.29, 1.82) is 0 Å². The van der Waals surface area contributed by atoms with E-state index in [0.29, 0.717) is 12.8 Å². The summed E-state index contributed by atoms with van der Waals surface area (Å²) in [6, 6.07) is 0. The van der Waals surface area contributed by atoms with Crippen LogP contribution in [0.3, 0.4) is 0 Å². The number of methoxy groups -OCH3 is 1. The number of ether oxygens (including phenoxy) is 4. The Labute approximate surface area is 155 Å². The summed E-state index contributed by atoms with van der Waals surface area (Å²) in [5, 5.41) is 50.5. The molecule has 2 heterocycles. The van der Waals surface area contributed by atoms with Gasteiger partial charge in [0, 0.05) is 5.92 Å². The van der Waals surface area contributed by atoms with Crippen LogP contribution in [0.2, 0.25) is 0 Å². The maximum atomic E-state index is 12.0. The Morgan fingerprint density at radius 1 is 1.26 bits per heavy atom. The summed E-state index contributed by atoms with van der Waals surface area (Å²) in [4.78, 5) is 12.0. The van der Waals surface area contributed by atoms with Gasteiger partial charge in [-0.2, -0.15) is 0 Å². The van der Waals surface area contributed by atoms with Gasteiger partial charge >= 0.3 is 5.97 Å². The van der Waals surface area contributed by atoms with Gasteiger partial charge in [-0.3, -0.25) is 0 Å². The van der Waals surface area contributed by atoms with E-state index in [2.05, 4.69) is 0 Å². The lowest BCUT2D eigenvalue weighted by Gasteiger charge is -2.46. The first-order valence-corrected chi connectivity index (χ1v) is 8.87. The van der Waals surface area contributed by atoms with E-state index in [9.17, 15) is 30.3 Å². The summed E-state index contributed by atoms with van der Waals surface area (Å²) in [5.74, 6) is -1.51. The second kappa shape index (κ2) is 7.63.